The van der Waals surface area contributed by atoms with Gasteiger partial charge < -0.3 is 9.64 Å². The van der Waals surface area contributed by atoms with Gasteiger partial charge in [-0.05, 0) is 40.2 Å². The second-order valence-electron chi connectivity index (χ2n) is 5.16. The summed E-state index contributed by atoms with van der Waals surface area (Å²) in [5.41, 5.74) is 0.931. The highest BCUT2D eigenvalue weighted by Gasteiger charge is 2.22. The van der Waals surface area contributed by atoms with Crippen molar-refractivity contribution in [3.8, 4) is 0 Å². The van der Waals surface area contributed by atoms with Crippen molar-refractivity contribution in [3.05, 3.63) is 46.0 Å². The molecule has 0 unspecified atom stereocenters. The number of nitrogens with one attached hydrogen (secondary N) is 1. The van der Waals surface area contributed by atoms with Crippen molar-refractivity contribution in [2.24, 2.45) is 0 Å². The van der Waals surface area contributed by atoms with Crippen LogP contribution in [0.15, 0.2) is 45.9 Å². The fourth-order valence-corrected chi connectivity index (χ4v) is 5.13. The molecule has 1 saturated heterocycles. The van der Waals surface area contributed by atoms with Gasteiger partial charge in [-0.25, -0.2) is 13.4 Å². The Balaban J connectivity index is 1.80. The molecule has 0 spiro atoms. The van der Waals surface area contributed by atoms with Crippen molar-refractivity contribution in [2.45, 2.75) is 4.90 Å². The molecule has 1 aliphatic rings. The predicted molar refractivity (Wildman–Crippen MR) is 97.2 cm³/mol. The molecule has 0 radical (unpaired) electrons. The van der Waals surface area contributed by atoms with Gasteiger partial charge in [-0.2, -0.15) is 0 Å². The van der Waals surface area contributed by atoms with Crippen LogP contribution < -0.4 is 9.62 Å². The Morgan fingerprint density at radius 3 is 2.58 bits per heavy atom. The van der Waals surface area contributed by atoms with E-state index >= 15 is 0 Å². The number of hydrogen-bond donors (Lipinski definition) is 1. The molecule has 0 aliphatic carbocycles. The standard InChI is InChI=1S/C15H15BrClN3O3S/c16-12-2-1-3-13(17)15(12)24(21,22)19-14-5-4-11(10-18-14)20-6-8-23-9-7-20/h1-5,10H,6-9H2,(H,18,19). The van der Waals surface area contributed by atoms with E-state index in [1.165, 1.54) is 6.07 Å². The molecule has 1 aromatic heterocycles. The number of anilines is 2. The summed E-state index contributed by atoms with van der Waals surface area (Å²) in [5.74, 6) is 0.235. The molecule has 0 saturated carbocycles. The molecule has 9 heteroatoms. The lowest BCUT2D eigenvalue weighted by atomic mass is 10.3. The van der Waals surface area contributed by atoms with E-state index in [9.17, 15) is 8.42 Å². The van der Waals surface area contributed by atoms with Crippen molar-refractivity contribution < 1.29 is 13.2 Å². The Morgan fingerprint density at radius 2 is 1.96 bits per heavy atom. The molecule has 0 atom stereocenters. The lowest BCUT2D eigenvalue weighted by Crippen LogP contribution is -2.36. The first-order valence-corrected chi connectivity index (χ1v) is 9.88. The number of aromatic nitrogens is 1. The molecular formula is C15H15BrClN3O3S. The zero-order valence-electron chi connectivity index (χ0n) is 12.6. The number of pyridine rings is 1. The average molecular weight is 433 g/mol. The van der Waals surface area contributed by atoms with Crippen LogP contribution in [0.3, 0.4) is 0 Å². The molecule has 1 aromatic carbocycles. The maximum Gasteiger partial charge on any atom is 0.265 e. The summed E-state index contributed by atoms with van der Waals surface area (Å²) in [4.78, 5) is 6.32. The first-order valence-electron chi connectivity index (χ1n) is 7.23. The number of nitrogens with zero attached hydrogens (tertiary/aromatic N) is 2. The summed E-state index contributed by atoms with van der Waals surface area (Å²) >= 11 is 9.24. The Hall–Kier alpha value is -1.35. The Morgan fingerprint density at radius 1 is 1.21 bits per heavy atom. The van der Waals surface area contributed by atoms with E-state index in [0.717, 1.165) is 18.8 Å². The number of ether oxygens (including phenoxy) is 1. The predicted octanol–water partition coefficient (Wildman–Crippen LogP) is 3.13. The van der Waals surface area contributed by atoms with Gasteiger partial charge >= 0.3 is 0 Å². The van der Waals surface area contributed by atoms with E-state index in [1.54, 1.807) is 24.4 Å². The first kappa shape index (κ1) is 17.5. The molecular weight excluding hydrogens is 418 g/mol. The molecule has 2 aromatic rings. The maximum absolute atomic E-state index is 12.5. The maximum atomic E-state index is 12.5. The summed E-state index contributed by atoms with van der Waals surface area (Å²) in [5, 5.41) is 0.141. The average Bonchev–Trinajstić information content (AvgIpc) is 2.55. The van der Waals surface area contributed by atoms with E-state index in [2.05, 4.69) is 30.5 Å². The highest BCUT2D eigenvalue weighted by Crippen LogP contribution is 2.30. The minimum Gasteiger partial charge on any atom is -0.378 e. The van der Waals surface area contributed by atoms with Gasteiger partial charge in [-0.15, -0.1) is 0 Å². The molecule has 0 bridgehead atoms. The van der Waals surface area contributed by atoms with Crippen LogP contribution in [0.4, 0.5) is 11.5 Å². The van der Waals surface area contributed by atoms with Crippen molar-refractivity contribution in [2.75, 3.05) is 35.9 Å². The SMILES string of the molecule is O=S(=O)(Nc1ccc(N2CCOCC2)cn1)c1c(Cl)cccc1Br. The van der Waals surface area contributed by atoms with Crippen molar-refractivity contribution in [1.29, 1.82) is 0 Å². The van der Waals surface area contributed by atoms with Crippen LogP contribution >= 0.6 is 27.5 Å². The normalized spacial score (nSPS) is 15.3. The molecule has 1 fully saturated rings. The highest BCUT2D eigenvalue weighted by molar-refractivity contribution is 9.10. The number of benzene rings is 1. The van der Waals surface area contributed by atoms with Gasteiger partial charge in [0, 0.05) is 17.6 Å². The zero-order chi connectivity index (χ0) is 17.2. The van der Waals surface area contributed by atoms with Gasteiger partial charge in [-0.1, -0.05) is 17.7 Å². The quantitative estimate of drug-likeness (QED) is 0.804. The van der Waals surface area contributed by atoms with Gasteiger partial charge in [0.25, 0.3) is 10.0 Å². The monoisotopic (exact) mass is 431 g/mol. The summed E-state index contributed by atoms with van der Waals surface area (Å²) in [7, 11) is -3.84. The molecule has 3 rings (SSSR count). The molecule has 6 nitrogen and oxygen atoms in total. The molecule has 1 aliphatic heterocycles. The minimum absolute atomic E-state index is 0.00859. The zero-order valence-corrected chi connectivity index (χ0v) is 15.7. The lowest BCUT2D eigenvalue weighted by Gasteiger charge is -2.28. The lowest BCUT2D eigenvalue weighted by molar-refractivity contribution is 0.122. The minimum atomic E-state index is -3.84. The molecule has 1 N–H and O–H groups in total. The molecule has 2 heterocycles. The summed E-state index contributed by atoms with van der Waals surface area (Å²) in [6.07, 6.45) is 1.64. The van der Waals surface area contributed by atoms with E-state index in [4.69, 9.17) is 16.3 Å². The second kappa shape index (κ2) is 7.26. The summed E-state index contributed by atoms with van der Waals surface area (Å²) in [6.45, 7) is 2.93. The molecule has 0 amide bonds. The Kier molecular flexibility index (Phi) is 5.29. The van der Waals surface area contributed by atoms with E-state index < -0.39 is 10.0 Å². The van der Waals surface area contributed by atoms with Crippen LogP contribution in [0, 0.1) is 0 Å². The smallest absolute Gasteiger partial charge is 0.265 e. The van der Waals surface area contributed by atoms with E-state index in [0.29, 0.717) is 17.7 Å². The van der Waals surface area contributed by atoms with Gasteiger partial charge in [0.2, 0.25) is 0 Å². The van der Waals surface area contributed by atoms with Crippen molar-refractivity contribution >= 4 is 49.1 Å². The van der Waals surface area contributed by atoms with Crippen LogP contribution in [0.1, 0.15) is 0 Å². The summed E-state index contributed by atoms with van der Waals surface area (Å²) < 4.78 is 33.2. The third kappa shape index (κ3) is 3.83. The van der Waals surface area contributed by atoms with Crippen molar-refractivity contribution in [3.63, 3.8) is 0 Å². The second-order valence-corrected chi connectivity index (χ2v) is 8.04. The largest absolute Gasteiger partial charge is 0.378 e. The fourth-order valence-electron chi connectivity index (χ4n) is 2.38. The Bertz CT molecular complexity index is 804. The number of morpholine rings is 1. The number of halogens is 2. The fraction of sp³-hybridized carbons (Fsp3) is 0.267. The summed E-state index contributed by atoms with van der Waals surface area (Å²) in [6, 6.07) is 8.27. The van der Waals surface area contributed by atoms with Crippen molar-refractivity contribution in [1.82, 2.24) is 4.98 Å². The van der Waals surface area contributed by atoms with Crippen LogP contribution in [0.2, 0.25) is 5.02 Å². The molecule has 128 valence electrons. The number of rotatable bonds is 4. The Labute approximate surface area is 154 Å². The van der Waals surface area contributed by atoms with Crippen LogP contribution in [0.5, 0.6) is 0 Å². The van der Waals surface area contributed by atoms with Gasteiger partial charge in [-0.3, -0.25) is 4.72 Å². The van der Waals surface area contributed by atoms with Crippen LogP contribution in [-0.4, -0.2) is 39.7 Å². The van der Waals surface area contributed by atoms with Gasteiger partial charge in [0.1, 0.15) is 10.7 Å². The highest BCUT2D eigenvalue weighted by atomic mass is 79.9. The number of sulfonamides is 1. The topological polar surface area (TPSA) is 71.5 Å². The third-order valence-corrected chi connectivity index (χ3v) is 6.36. The number of hydrogen-bond acceptors (Lipinski definition) is 5. The third-order valence-electron chi connectivity index (χ3n) is 3.55. The van der Waals surface area contributed by atoms with Gasteiger partial charge in [0.15, 0.2) is 0 Å². The first-order chi connectivity index (χ1) is 11.5. The van der Waals surface area contributed by atoms with E-state index in [-0.39, 0.29) is 15.7 Å². The van der Waals surface area contributed by atoms with Gasteiger partial charge in [0.05, 0.1) is 30.1 Å². The van der Waals surface area contributed by atoms with Crippen LogP contribution in [0.25, 0.3) is 0 Å². The molecule has 24 heavy (non-hydrogen) atoms. The van der Waals surface area contributed by atoms with E-state index in [1.807, 2.05) is 6.07 Å². The van der Waals surface area contributed by atoms with Crippen LogP contribution in [-0.2, 0) is 14.8 Å².